The van der Waals surface area contributed by atoms with Gasteiger partial charge in [-0.15, -0.1) is 0 Å². The van der Waals surface area contributed by atoms with E-state index in [-0.39, 0.29) is 5.56 Å². The molecule has 0 unspecified atom stereocenters. The third-order valence-electron chi connectivity index (χ3n) is 2.73. The van der Waals surface area contributed by atoms with Crippen LogP contribution in [-0.4, -0.2) is 25.8 Å². The number of pyridine rings is 1. The summed E-state index contributed by atoms with van der Waals surface area (Å²) in [6.07, 6.45) is 3.84. The number of carboxylic acid groups (broad SMARTS) is 1. The molecule has 0 aromatic carbocycles. The lowest BCUT2D eigenvalue weighted by molar-refractivity contribution is 0.0696. The van der Waals surface area contributed by atoms with Gasteiger partial charge in [-0.25, -0.2) is 14.5 Å². The molecule has 0 aliphatic carbocycles. The fourth-order valence-corrected chi connectivity index (χ4v) is 1.92. The summed E-state index contributed by atoms with van der Waals surface area (Å²) < 4.78 is 1.44. The fourth-order valence-electron chi connectivity index (χ4n) is 1.65. The molecule has 2 aromatic heterocycles. The number of aromatic nitrogens is 3. The smallest absolute Gasteiger partial charge is 0.339 e. The van der Waals surface area contributed by atoms with Gasteiger partial charge in [-0.1, -0.05) is 18.5 Å². The third kappa shape index (κ3) is 2.09. The van der Waals surface area contributed by atoms with Crippen LogP contribution < -0.4 is 0 Å². The Hall–Kier alpha value is -1.88. The zero-order valence-corrected chi connectivity index (χ0v) is 10.8. The Bertz CT molecular complexity index is 607. The molecule has 1 N–H and O–H groups in total. The zero-order chi connectivity index (χ0) is 13.3. The molecule has 0 saturated heterocycles. The van der Waals surface area contributed by atoms with Crippen molar-refractivity contribution in [2.24, 2.45) is 0 Å². The van der Waals surface area contributed by atoms with Gasteiger partial charge < -0.3 is 5.11 Å². The van der Waals surface area contributed by atoms with E-state index >= 15 is 0 Å². The summed E-state index contributed by atoms with van der Waals surface area (Å²) in [5.41, 5.74) is 1.67. The van der Waals surface area contributed by atoms with Gasteiger partial charge in [0.15, 0.2) is 5.82 Å². The van der Waals surface area contributed by atoms with E-state index in [0.29, 0.717) is 16.5 Å². The quantitative estimate of drug-likeness (QED) is 0.926. The maximum atomic E-state index is 10.9. The topological polar surface area (TPSA) is 68.0 Å². The number of rotatable bonds is 3. The minimum absolute atomic E-state index is 0.146. The van der Waals surface area contributed by atoms with E-state index in [4.69, 9.17) is 16.7 Å². The minimum Gasteiger partial charge on any atom is -0.478 e. The molecular formula is C12H12ClN3O2. The number of hydrogen-bond donors (Lipinski definition) is 1. The summed E-state index contributed by atoms with van der Waals surface area (Å²) in [6, 6.07) is 1.81. The average Bonchev–Trinajstić information content (AvgIpc) is 2.71. The van der Waals surface area contributed by atoms with Crippen molar-refractivity contribution in [1.29, 1.82) is 0 Å². The van der Waals surface area contributed by atoms with E-state index in [9.17, 15) is 4.79 Å². The molecule has 0 aliphatic rings. The summed E-state index contributed by atoms with van der Waals surface area (Å²) in [7, 11) is 0. The first kappa shape index (κ1) is 12.6. The highest BCUT2D eigenvalue weighted by Gasteiger charge is 2.16. The Kier molecular flexibility index (Phi) is 3.34. The highest BCUT2D eigenvalue weighted by molar-refractivity contribution is 6.32. The first-order valence-electron chi connectivity index (χ1n) is 5.47. The van der Waals surface area contributed by atoms with Crippen LogP contribution in [0.15, 0.2) is 18.5 Å². The van der Waals surface area contributed by atoms with Crippen LogP contribution >= 0.6 is 11.6 Å². The monoisotopic (exact) mass is 265 g/mol. The zero-order valence-electron chi connectivity index (χ0n) is 10.0. The van der Waals surface area contributed by atoms with Crippen molar-refractivity contribution in [3.8, 4) is 5.82 Å². The number of halogens is 1. The predicted molar refractivity (Wildman–Crippen MR) is 67.4 cm³/mol. The van der Waals surface area contributed by atoms with Gasteiger partial charge in [-0.2, -0.15) is 5.10 Å². The van der Waals surface area contributed by atoms with Crippen LogP contribution in [0.25, 0.3) is 5.82 Å². The summed E-state index contributed by atoms with van der Waals surface area (Å²) in [5.74, 6) is -0.570. The molecule has 0 saturated carbocycles. The molecule has 2 heterocycles. The molecule has 2 rings (SSSR count). The maximum absolute atomic E-state index is 10.9. The van der Waals surface area contributed by atoms with Crippen molar-refractivity contribution in [2.45, 2.75) is 20.3 Å². The van der Waals surface area contributed by atoms with Crippen molar-refractivity contribution in [3.05, 3.63) is 40.3 Å². The van der Waals surface area contributed by atoms with Gasteiger partial charge in [0.2, 0.25) is 0 Å². The van der Waals surface area contributed by atoms with Crippen LogP contribution in [0.5, 0.6) is 0 Å². The van der Waals surface area contributed by atoms with Gasteiger partial charge in [0, 0.05) is 6.20 Å². The molecule has 0 atom stereocenters. The maximum Gasteiger partial charge on any atom is 0.339 e. The Morgan fingerprint density at radius 3 is 2.72 bits per heavy atom. The molecule has 0 bridgehead atoms. The molecular weight excluding hydrogens is 254 g/mol. The molecule has 5 nitrogen and oxygen atoms in total. The largest absolute Gasteiger partial charge is 0.478 e. The van der Waals surface area contributed by atoms with Gasteiger partial charge >= 0.3 is 5.97 Å². The average molecular weight is 266 g/mol. The minimum atomic E-state index is -1.01. The summed E-state index contributed by atoms with van der Waals surface area (Å²) in [6.45, 7) is 3.68. The van der Waals surface area contributed by atoms with E-state index in [1.54, 1.807) is 13.1 Å². The lowest BCUT2D eigenvalue weighted by Crippen LogP contribution is -2.05. The van der Waals surface area contributed by atoms with E-state index in [2.05, 4.69) is 10.1 Å². The van der Waals surface area contributed by atoms with Crippen LogP contribution in [0.2, 0.25) is 5.02 Å². The highest BCUT2D eigenvalue weighted by atomic mass is 35.5. The Morgan fingerprint density at radius 1 is 1.50 bits per heavy atom. The normalized spacial score (nSPS) is 10.6. The Morgan fingerprint density at radius 2 is 2.22 bits per heavy atom. The highest BCUT2D eigenvalue weighted by Crippen LogP contribution is 2.21. The van der Waals surface area contributed by atoms with E-state index < -0.39 is 5.97 Å². The van der Waals surface area contributed by atoms with E-state index in [1.807, 2.05) is 13.0 Å². The van der Waals surface area contributed by atoms with Crippen molar-refractivity contribution < 1.29 is 9.90 Å². The Labute approximate surface area is 109 Å². The molecule has 6 heteroatoms. The SMILES string of the molecule is CCc1cnc(-n2ncc(C(=O)O)c2C)c(Cl)c1. The van der Waals surface area contributed by atoms with Crippen molar-refractivity contribution in [1.82, 2.24) is 14.8 Å². The second-order valence-corrected chi connectivity index (χ2v) is 4.27. The van der Waals surface area contributed by atoms with E-state index in [1.165, 1.54) is 10.9 Å². The van der Waals surface area contributed by atoms with Crippen LogP contribution in [-0.2, 0) is 6.42 Å². The van der Waals surface area contributed by atoms with Gasteiger partial charge in [-0.3, -0.25) is 0 Å². The summed E-state index contributed by atoms with van der Waals surface area (Å²) in [4.78, 5) is 15.2. The molecule has 2 aromatic rings. The molecule has 0 amide bonds. The number of nitrogens with zero attached hydrogens (tertiary/aromatic N) is 3. The van der Waals surface area contributed by atoms with Crippen LogP contribution in [0.4, 0.5) is 0 Å². The lowest BCUT2D eigenvalue weighted by atomic mass is 10.2. The molecule has 94 valence electrons. The van der Waals surface area contributed by atoms with E-state index in [0.717, 1.165) is 12.0 Å². The lowest BCUT2D eigenvalue weighted by Gasteiger charge is -2.07. The summed E-state index contributed by atoms with van der Waals surface area (Å²) in [5, 5.41) is 13.4. The molecule has 0 fully saturated rings. The standard InChI is InChI=1S/C12H12ClN3O2/c1-3-8-4-10(13)11(14-5-8)16-7(2)9(6-15-16)12(17)18/h4-6H,3H2,1-2H3,(H,17,18). The summed E-state index contributed by atoms with van der Waals surface area (Å²) >= 11 is 6.13. The van der Waals surface area contributed by atoms with Gasteiger partial charge in [0.1, 0.15) is 5.56 Å². The van der Waals surface area contributed by atoms with Crippen molar-refractivity contribution >= 4 is 17.6 Å². The fraction of sp³-hybridized carbons (Fsp3) is 0.250. The first-order valence-corrected chi connectivity index (χ1v) is 5.85. The van der Waals surface area contributed by atoms with Crippen LogP contribution in [0.1, 0.15) is 28.5 Å². The van der Waals surface area contributed by atoms with Crippen LogP contribution in [0, 0.1) is 6.92 Å². The molecule has 18 heavy (non-hydrogen) atoms. The number of aromatic carboxylic acids is 1. The Balaban J connectivity index is 2.52. The number of hydrogen-bond acceptors (Lipinski definition) is 3. The predicted octanol–water partition coefficient (Wildman–Crippen LogP) is 2.49. The third-order valence-corrected chi connectivity index (χ3v) is 3.01. The van der Waals surface area contributed by atoms with Crippen molar-refractivity contribution in [2.75, 3.05) is 0 Å². The first-order chi connectivity index (χ1) is 8.54. The van der Waals surface area contributed by atoms with Crippen LogP contribution in [0.3, 0.4) is 0 Å². The van der Waals surface area contributed by atoms with Gasteiger partial charge in [-0.05, 0) is 25.0 Å². The second-order valence-electron chi connectivity index (χ2n) is 3.86. The number of carbonyl (C=O) groups is 1. The molecule has 0 radical (unpaired) electrons. The van der Waals surface area contributed by atoms with Gasteiger partial charge in [0.25, 0.3) is 0 Å². The number of carboxylic acids is 1. The second kappa shape index (κ2) is 4.78. The molecule has 0 spiro atoms. The van der Waals surface area contributed by atoms with Crippen molar-refractivity contribution in [3.63, 3.8) is 0 Å². The number of aryl methyl sites for hydroxylation is 1. The molecule has 0 aliphatic heterocycles. The van der Waals surface area contributed by atoms with Gasteiger partial charge in [0.05, 0.1) is 16.9 Å².